The van der Waals surface area contributed by atoms with Crippen molar-refractivity contribution >= 4 is 0 Å². The Morgan fingerprint density at radius 3 is 2.60 bits per heavy atom. The molecular weight excluding hydrogens is 259 g/mol. The van der Waals surface area contributed by atoms with Gasteiger partial charge in [0.05, 0.1) is 0 Å². The minimum absolute atomic E-state index is 0.0302. The van der Waals surface area contributed by atoms with E-state index in [0.717, 1.165) is 26.2 Å². The van der Waals surface area contributed by atoms with Gasteiger partial charge in [-0.15, -0.1) is 0 Å². The molecule has 2 rings (SSSR count). The SMILES string of the molecule is CC(C)(CO)[C@H](c1cc(F)ccc1O)N1CCNCC1. The van der Waals surface area contributed by atoms with Crippen molar-refractivity contribution in [3.8, 4) is 5.75 Å². The molecule has 0 saturated carbocycles. The summed E-state index contributed by atoms with van der Waals surface area (Å²) in [6.45, 7) is 7.17. The van der Waals surface area contributed by atoms with E-state index in [0.29, 0.717) is 5.56 Å². The topological polar surface area (TPSA) is 55.7 Å². The number of hydrogen-bond acceptors (Lipinski definition) is 4. The fraction of sp³-hybridized carbons (Fsp3) is 0.600. The van der Waals surface area contributed by atoms with Crippen molar-refractivity contribution in [3.05, 3.63) is 29.6 Å². The van der Waals surface area contributed by atoms with Crippen LogP contribution in [0.2, 0.25) is 0 Å². The Morgan fingerprint density at radius 2 is 2.00 bits per heavy atom. The molecule has 0 radical (unpaired) electrons. The lowest BCUT2D eigenvalue weighted by atomic mass is 9.79. The third-order valence-corrected chi connectivity index (χ3v) is 3.95. The number of rotatable bonds is 4. The molecule has 1 saturated heterocycles. The number of aromatic hydroxyl groups is 1. The molecule has 20 heavy (non-hydrogen) atoms. The van der Waals surface area contributed by atoms with Gasteiger partial charge in [-0.25, -0.2) is 4.39 Å². The smallest absolute Gasteiger partial charge is 0.123 e. The molecule has 0 aromatic heterocycles. The third-order valence-electron chi connectivity index (χ3n) is 3.95. The number of halogens is 1. The van der Waals surface area contributed by atoms with Crippen LogP contribution in [-0.4, -0.2) is 47.9 Å². The number of aliphatic hydroxyl groups is 1. The number of nitrogens with zero attached hydrogens (tertiary/aromatic N) is 1. The van der Waals surface area contributed by atoms with E-state index in [4.69, 9.17) is 0 Å². The molecule has 1 aromatic carbocycles. The number of benzene rings is 1. The maximum Gasteiger partial charge on any atom is 0.123 e. The molecule has 1 atom stereocenters. The molecule has 1 aliphatic rings. The maximum atomic E-state index is 13.6. The summed E-state index contributed by atoms with van der Waals surface area (Å²) in [5, 5.41) is 23.1. The molecule has 0 amide bonds. The summed E-state index contributed by atoms with van der Waals surface area (Å²) in [5.41, 5.74) is 0.0775. The van der Waals surface area contributed by atoms with E-state index in [1.54, 1.807) is 0 Å². The second kappa shape index (κ2) is 6.08. The van der Waals surface area contributed by atoms with Crippen molar-refractivity contribution in [1.82, 2.24) is 10.2 Å². The molecule has 1 aliphatic heterocycles. The Bertz CT molecular complexity index is 459. The minimum atomic E-state index is -0.470. The van der Waals surface area contributed by atoms with Crippen molar-refractivity contribution in [2.24, 2.45) is 5.41 Å². The van der Waals surface area contributed by atoms with Crippen molar-refractivity contribution < 1.29 is 14.6 Å². The maximum absolute atomic E-state index is 13.6. The number of nitrogens with one attached hydrogen (secondary N) is 1. The first-order valence-electron chi connectivity index (χ1n) is 7.00. The molecule has 112 valence electrons. The third kappa shape index (κ3) is 3.11. The van der Waals surface area contributed by atoms with E-state index in [1.165, 1.54) is 18.2 Å². The van der Waals surface area contributed by atoms with Gasteiger partial charge in [-0.05, 0) is 18.2 Å². The number of phenolic OH excluding ortho intramolecular Hbond substituents is 1. The number of hydrogen-bond donors (Lipinski definition) is 3. The van der Waals surface area contributed by atoms with Crippen LogP contribution in [0.15, 0.2) is 18.2 Å². The molecule has 0 unspecified atom stereocenters. The number of aliphatic hydroxyl groups excluding tert-OH is 1. The van der Waals surface area contributed by atoms with Crippen molar-refractivity contribution in [1.29, 1.82) is 0 Å². The van der Waals surface area contributed by atoms with Crippen molar-refractivity contribution in [2.45, 2.75) is 19.9 Å². The summed E-state index contributed by atoms with van der Waals surface area (Å²) < 4.78 is 13.6. The highest BCUT2D eigenvalue weighted by molar-refractivity contribution is 5.36. The summed E-state index contributed by atoms with van der Waals surface area (Å²) in [6, 6.07) is 3.79. The lowest BCUT2D eigenvalue weighted by molar-refractivity contribution is 0.0291. The lowest BCUT2D eigenvalue weighted by Gasteiger charge is -2.43. The highest BCUT2D eigenvalue weighted by Gasteiger charge is 2.37. The summed E-state index contributed by atoms with van der Waals surface area (Å²) >= 11 is 0. The minimum Gasteiger partial charge on any atom is -0.508 e. The van der Waals surface area contributed by atoms with Gasteiger partial charge >= 0.3 is 0 Å². The monoisotopic (exact) mass is 282 g/mol. The zero-order valence-electron chi connectivity index (χ0n) is 12.1. The van der Waals surface area contributed by atoms with Crippen LogP contribution >= 0.6 is 0 Å². The predicted octanol–water partition coefficient (Wildman–Crippen LogP) is 1.50. The van der Waals surface area contributed by atoms with Gasteiger partial charge in [0.15, 0.2) is 0 Å². The van der Waals surface area contributed by atoms with E-state index in [1.807, 2.05) is 13.8 Å². The van der Waals surface area contributed by atoms with Gasteiger partial charge < -0.3 is 15.5 Å². The van der Waals surface area contributed by atoms with Crippen molar-refractivity contribution in [2.75, 3.05) is 32.8 Å². The van der Waals surface area contributed by atoms with Crippen LogP contribution in [0, 0.1) is 11.2 Å². The Labute approximate surface area is 119 Å². The quantitative estimate of drug-likeness (QED) is 0.783. The molecule has 5 heteroatoms. The zero-order valence-corrected chi connectivity index (χ0v) is 12.1. The van der Waals surface area contributed by atoms with E-state index >= 15 is 0 Å². The molecule has 0 aliphatic carbocycles. The van der Waals surface area contributed by atoms with Crippen LogP contribution in [0.1, 0.15) is 25.5 Å². The average Bonchev–Trinajstić information content (AvgIpc) is 2.44. The van der Waals surface area contributed by atoms with Crippen LogP contribution in [0.5, 0.6) is 5.75 Å². The normalized spacial score (nSPS) is 19.0. The van der Waals surface area contributed by atoms with Gasteiger partial charge in [0, 0.05) is 49.8 Å². The largest absolute Gasteiger partial charge is 0.508 e. The predicted molar refractivity (Wildman–Crippen MR) is 76.1 cm³/mol. The van der Waals surface area contributed by atoms with Crippen LogP contribution in [-0.2, 0) is 0 Å². The number of phenols is 1. The summed E-state index contributed by atoms with van der Waals surface area (Å²) in [6.07, 6.45) is 0. The summed E-state index contributed by atoms with van der Waals surface area (Å²) in [7, 11) is 0. The van der Waals surface area contributed by atoms with Crippen molar-refractivity contribution in [3.63, 3.8) is 0 Å². The van der Waals surface area contributed by atoms with E-state index < -0.39 is 5.41 Å². The van der Waals surface area contributed by atoms with E-state index in [9.17, 15) is 14.6 Å². The highest BCUT2D eigenvalue weighted by Crippen LogP contribution is 2.41. The number of piperazine rings is 1. The lowest BCUT2D eigenvalue weighted by Crippen LogP contribution is -2.49. The van der Waals surface area contributed by atoms with Crippen LogP contribution < -0.4 is 5.32 Å². The van der Waals surface area contributed by atoms with Gasteiger partial charge in [0.1, 0.15) is 11.6 Å². The molecule has 1 fully saturated rings. The summed E-state index contributed by atoms with van der Waals surface area (Å²) in [4.78, 5) is 2.20. The molecule has 1 heterocycles. The van der Waals surface area contributed by atoms with Crippen LogP contribution in [0.3, 0.4) is 0 Å². The first kappa shape index (κ1) is 15.2. The first-order valence-corrected chi connectivity index (χ1v) is 7.00. The Morgan fingerprint density at radius 1 is 1.35 bits per heavy atom. The second-order valence-electron chi connectivity index (χ2n) is 6.04. The molecule has 0 bridgehead atoms. The van der Waals surface area contributed by atoms with Gasteiger partial charge in [-0.1, -0.05) is 13.8 Å². The Balaban J connectivity index is 2.42. The second-order valence-corrected chi connectivity index (χ2v) is 6.04. The first-order chi connectivity index (χ1) is 9.45. The van der Waals surface area contributed by atoms with Gasteiger partial charge in [0.25, 0.3) is 0 Å². The van der Waals surface area contributed by atoms with E-state index in [-0.39, 0.29) is 24.2 Å². The average molecular weight is 282 g/mol. The van der Waals surface area contributed by atoms with Crippen LogP contribution in [0.4, 0.5) is 4.39 Å². The summed E-state index contributed by atoms with van der Waals surface area (Å²) in [5.74, 6) is -0.289. The fourth-order valence-corrected chi connectivity index (χ4v) is 2.88. The van der Waals surface area contributed by atoms with Gasteiger partial charge in [-0.3, -0.25) is 4.90 Å². The van der Waals surface area contributed by atoms with Crippen LogP contribution in [0.25, 0.3) is 0 Å². The fourth-order valence-electron chi connectivity index (χ4n) is 2.88. The highest BCUT2D eigenvalue weighted by atomic mass is 19.1. The van der Waals surface area contributed by atoms with E-state index in [2.05, 4.69) is 10.2 Å². The molecule has 4 nitrogen and oxygen atoms in total. The zero-order chi connectivity index (χ0) is 14.8. The van der Waals surface area contributed by atoms with Gasteiger partial charge in [-0.2, -0.15) is 0 Å². The Kier molecular flexibility index (Phi) is 4.62. The molecule has 1 aromatic rings. The molecule has 3 N–H and O–H groups in total. The standard InChI is InChI=1S/C15H23FN2O2/c1-15(2,10-19)14(18-7-5-17-6-8-18)12-9-11(16)3-4-13(12)20/h3-4,9,14,17,19-20H,5-8,10H2,1-2H3/t14-/m0/s1. The molecule has 0 spiro atoms. The molecular formula is C15H23FN2O2. The van der Waals surface area contributed by atoms with Gasteiger partial charge in [0.2, 0.25) is 0 Å². The Hall–Kier alpha value is -1.17.